The summed E-state index contributed by atoms with van der Waals surface area (Å²) < 4.78 is 7.28. The van der Waals surface area contributed by atoms with Crippen LogP contribution in [-0.4, -0.2) is 15.8 Å². The van der Waals surface area contributed by atoms with Gasteiger partial charge in [0, 0.05) is 10.0 Å². The highest BCUT2D eigenvalue weighted by Crippen LogP contribution is 2.23. The van der Waals surface area contributed by atoms with E-state index in [1.807, 2.05) is 36.4 Å². The predicted octanol–water partition coefficient (Wildman–Crippen LogP) is 6.93. The summed E-state index contributed by atoms with van der Waals surface area (Å²) >= 11 is 11.9. The van der Waals surface area contributed by atoms with Crippen LogP contribution in [-0.2, 0) is 0 Å². The number of aromatic nitrogens is 2. The SMILES string of the molecule is O=c1c2ccccc2nc(N/N=C/c2ccc(Oc3ccc(Cl)cc3)cc2)n1-c1ccc(Cl)cc1. The van der Waals surface area contributed by atoms with E-state index in [2.05, 4.69) is 15.5 Å². The van der Waals surface area contributed by atoms with Gasteiger partial charge in [-0.3, -0.25) is 4.79 Å². The molecule has 0 aliphatic heterocycles. The summed E-state index contributed by atoms with van der Waals surface area (Å²) in [5.74, 6) is 1.67. The molecule has 0 amide bonds. The molecular formula is C27H18Cl2N4O2. The molecule has 4 aromatic carbocycles. The van der Waals surface area contributed by atoms with Gasteiger partial charge in [0.05, 0.1) is 22.8 Å². The van der Waals surface area contributed by atoms with Gasteiger partial charge >= 0.3 is 0 Å². The highest BCUT2D eigenvalue weighted by Gasteiger charge is 2.12. The average Bonchev–Trinajstić information content (AvgIpc) is 2.87. The fourth-order valence-electron chi connectivity index (χ4n) is 3.46. The summed E-state index contributed by atoms with van der Waals surface area (Å²) in [4.78, 5) is 17.9. The lowest BCUT2D eigenvalue weighted by molar-refractivity contribution is 0.482. The van der Waals surface area contributed by atoms with Crippen molar-refractivity contribution < 1.29 is 4.74 Å². The molecule has 0 saturated carbocycles. The third-order valence-corrected chi connectivity index (χ3v) is 5.67. The molecule has 0 fully saturated rings. The van der Waals surface area contributed by atoms with E-state index in [-0.39, 0.29) is 11.5 Å². The molecule has 0 aliphatic rings. The monoisotopic (exact) mass is 500 g/mol. The molecule has 35 heavy (non-hydrogen) atoms. The lowest BCUT2D eigenvalue weighted by atomic mass is 10.2. The Morgan fingerprint density at radius 1 is 0.800 bits per heavy atom. The molecule has 6 nitrogen and oxygen atoms in total. The topological polar surface area (TPSA) is 68.5 Å². The number of hydrogen-bond donors (Lipinski definition) is 1. The van der Waals surface area contributed by atoms with Crippen LogP contribution in [0.15, 0.2) is 107 Å². The second-order valence-electron chi connectivity index (χ2n) is 7.56. The Labute approximate surface area is 211 Å². The molecule has 0 spiro atoms. The first-order valence-corrected chi connectivity index (χ1v) is 11.4. The molecule has 8 heteroatoms. The van der Waals surface area contributed by atoms with Crippen LogP contribution in [0.25, 0.3) is 16.6 Å². The van der Waals surface area contributed by atoms with E-state index in [4.69, 9.17) is 27.9 Å². The third kappa shape index (κ3) is 5.19. The van der Waals surface area contributed by atoms with E-state index >= 15 is 0 Å². The number of rotatable bonds is 6. The van der Waals surface area contributed by atoms with E-state index in [0.29, 0.717) is 38.1 Å². The normalized spacial score (nSPS) is 11.1. The number of hydrogen-bond acceptors (Lipinski definition) is 5. The lowest BCUT2D eigenvalue weighted by Gasteiger charge is -2.13. The van der Waals surface area contributed by atoms with E-state index < -0.39 is 0 Å². The Morgan fingerprint density at radius 3 is 2.09 bits per heavy atom. The zero-order chi connectivity index (χ0) is 24.2. The lowest BCUT2D eigenvalue weighted by Crippen LogP contribution is -2.22. The molecule has 1 N–H and O–H groups in total. The number of nitrogens with one attached hydrogen (secondary N) is 1. The van der Waals surface area contributed by atoms with Crippen molar-refractivity contribution in [3.63, 3.8) is 0 Å². The van der Waals surface area contributed by atoms with Crippen molar-refractivity contribution in [3.8, 4) is 17.2 Å². The molecule has 0 aliphatic carbocycles. The smallest absolute Gasteiger partial charge is 0.267 e. The summed E-state index contributed by atoms with van der Waals surface area (Å²) in [5.41, 5.74) is 4.74. The fourth-order valence-corrected chi connectivity index (χ4v) is 3.71. The van der Waals surface area contributed by atoms with E-state index in [9.17, 15) is 4.79 Å². The quantitative estimate of drug-likeness (QED) is 0.202. The van der Waals surface area contributed by atoms with Crippen molar-refractivity contribution in [2.24, 2.45) is 5.10 Å². The number of para-hydroxylation sites is 1. The largest absolute Gasteiger partial charge is 0.457 e. The third-order valence-electron chi connectivity index (χ3n) is 5.17. The number of ether oxygens (including phenoxy) is 1. The van der Waals surface area contributed by atoms with Gasteiger partial charge in [-0.05, 0) is 90.5 Å². The molecule has 0 bridgehead atoms. The van der Waals surface area contributed by atoms with Crippen LogP contribution < -0.4 is 15.7 Å². The van der Waals surface area contributed by atoms with Crippen LogP contribution >= 0.6 is 23.2 Å². The highest BCUT2D eigenvalue weighted by atomic mass is 35.5. The average molecular weight is 501 g/mol. The predicted molar refractivity (Wildman–Crippen MR) is 142 cm³/mol. The van der Waals surface area contributed by atoms with Crippen LogP contribution in [0.5, 0.6) is 11.5 Å². The van der Waals surface area contributed by atoms with Crippen molar-refractivity contribution >= 4 is 46.3 Å². The van der Waals surface area contributed by atoms with Crippen molar-refractivity contribution in [3.05, 3.63) is 123 Å². The fraction of sp³-hybridized carbons (Fsp3) is 0. The van der Waals surface area contributed by atoms with Gasteiger partial charge in [-0.15, -0.1) is 0 Å². The van der Waals surface area contributed by atoms with E-state index in [1.165, 1.54) is 4.57 Å². The van der Waals surface area contributed by atoms with Crippen LogP contribution in [0.1, 0.15) is 5.56 Å². The molecular weight excluding hydrogens is 483 g/mol. The van der Waals surface area contributed by atoms with Gasteiger partial charge in [-0.1, -0.05) is 35.3 Å². The number of halogens is 2. The van der Waals surface area contributed by atoms with Gasteiger partial charge in [-0.25, -0.2) is 15.0 Å². The zero-order valence-electron chi connectivity index (χ0n) is 18.2. The summed E-state index contributed by atoms with van der Waals surface area (Å²) in [6, 6.07) is 28.7. The zero-order valence-corrected chi connectivity index (χ0v) is 19.7. The van der Waals surface area contributed by atoms with Crippen molar-refractivity contribution in [1.82, 2.24) is 9.55 Å². The standard InChI is InChI=1S/C27H18Cl2N4O2/c28-19-7-11-21(12-8-19)33-26(34)24-3-1-2-4-25(24)31-27(33)32-30-17-18-5-13-22(14-6-18)35-23-15-9-20(29)10-16-23/h1-17H,(H,31,32)/b30-17+. The Bertz CT molecular complexity index is 1560. The van der Waals surface area contributed by atoms with Crippen LogP contribution in [0.4, 0.5) is 5.95 Å². The van der Waals surface area contributed by atoms with Crippen LogP contribution in [0.3, 0.4) is 0 Å². The van der Waals surface area contributed by atoms with Gasteiger partial charge in [0.15, 0.2) is 0 Å². The molecule has 1 aromatic heterocycles. The second-order valence-corrected chi connectivity index (χ2v) is 8.44. The van der Waals surface area contributed by atoms with Gasteiger partial charge in [-0.2, -0.15) is 5.10 Å². The minimum absolute atomic E-state index is 0.209. The molecule has 0 atom stereocenters. The molecule has 1 heterocycles. The maximum atomic E-state index is 13.3. The first kappa shape index (κ1) is 22.7. The first-order valence-electron chi connectivity index (χ1n) is 10.7. The summed E-state index contributed by atoms with van der Waals surface area (Å²) in [5, 5.41) is 6.04. The van der Waals surface area contributed by atoms with Gasteiger partial charge in [0.25, 0.3) is 5.56 Å². The van der Waals surface area contributed by atoms with Crippen molar-refractivity contribution in [2.45, 2.75) is 0 Å². The highest BCUT2D eigenvalue weighted by molar-refractivity contribution is 6.30. The number of benzene rings is 4. The van der Waals surface area contributed by atoms with Gasteiger partial charge < -0.3 is 4.74 Å². The molecule has 5 rings (SSSR count). The van der Waals surface area contributed by atoms with E-state index in [0.717, 1.165) is 5.56 Å². The summed E-state index contributed by atoms with van der Waals surface area (Å²) in [6.45, 7) is 0. The van der Waals surface area contributed by atoms with Crippen LogP contribution in [0.2, 0.25) is 10.0 Å². The van der Waals surface area contributed by atoms with E-state index in [1.54, 1.807) is 66.9 Å². The van der Waals surface area contributed by atoms with Gasteiger partial charge in [0.1, 0.15) is 11.5 Å². The number of hydrazone groups is 1. The minimum atomic E-state index is -0.209. The molecule has 0 saturated heterocycles. The van der Waals surface area contributed by atoms with Gasteiger partial charge in [0.2, 0.25) is 5.95 Å². The maximum absolute atomic E-state index is 13.3. The summed E-state index contributed by atoms with van der Waals surface area (Å²) in [6.07, 6.45) is 1.64. The Hall–Kier alpha value is -4.13. The first-order chi connectivity index (χ1) is 17.1. The molecule has 5 aromatic rings. The Morgan fingerprint density at radius 2 is 1.40 bits per heavy atom. The maximum Gasteiger partial charge on any atom is 0.267 e. The molecule has 172 valence electrons. The number of nitrogens with zero attached hydrogens (tertiary/aromatic N) is 3. The Balaban J connectivity index is 1.39. The number of fused-ring (bicyclic) bond motifs is 1. The van der Waals surface area contributed by atoms with Crippen molar-refractivity contribution in [2.75, 3.05) is 5.43 Å². The number of anilines is 1. The minimum Gasteiger partial charge on any atom is -0.457 e. The summed E-state index contributed by atoms with van der Waals surface area (Å²) in [7, 11) is 0. The van der Waals surface area contributed by atoms with Crippen LogP contribution in [0, 0.1) is 0 Å². The Kier molecular flexibility index (Phi) is 6.48. The second kappa shape index (κ2) is 10.0. The molecule has 0 radical (unpaired) electrons. The molecule has 0 unspecified atom stereocenters. The van der Waals surface area contributed by atoms with Crippen molar-refractivity contribution in [1.29, 1.82) is 0 Å².